The quantitative estimate of drug-likeness (QED) is 0.784. The van der Waals surface area contributed by atoms with E-state index in [0.717, 1.165) is 18.4 Å². The smallest absolute Gasteiger partial charge is 0.237 e. The summed E-state index contributed by atoms with van der Waals surface area (Å²) in [6, 6.07) is 8.36. The van der Waals surface area contributed by atoms with Crippen molar-refractivity contribution in [3.8, 4) is 0 Å². The maximum Gasteiger partial charge on any atom is 0.237 e. The van der Waals surface area contributed by atoms with Crippen LogP contribution in [0.15, 0.2) is 24.3 Å². The number of rotatable bonds is 7. The summed E-state index contributed by atoms with van der Waals surface area (Å²) in [6.45, 7) is 3.18. The van der Waals surface area contributed by atoms with Crippen LogP contribution < -0.4 is 10.6 Å². The van der Waals surface area contributed by atoms with E-state index in [9.17, 15) is 4.79 Å². The zero-order chi connectivity index (χ0) is 13.7. The van der Waals surface area contributed by atoms with E-state index < -0.39 is 0 Å². The monoisotopic (exact) mass is 262 g/mol. The molecule has 1 aromatic carbocycles. The Morgan fingerprint density at radius 2 is 2.05 bits per heavy atom. The third-order valence-electron chi connectivity index (χ3n) is 3.33. The lowest BCUT2D eigenvalue weighted by atomic mass is 10.1. The molecule has 0 heterocycles. The highest BCUT2D eigenvalue weighted by atomic mass is 16.5. The van der Waals surface area contributed by atoms with E-state index in [1.807, 2.05) is 19.1 Å². The molecule has 2 rings (SSSR count). The van der Waals surface area contributed by atoms with E-state index in [4.69, 9.17) is 4.74 Å². The van der Waals surface area contributed by atoms with Gasteiger partial charge in [0, 0.05) is 19.7 Å². The number of benzene rings is 1. The highest BCUT2D eigenvalue weighted by molar-refractivity contribution is 5.81. The van der Waals surface area contributed by atoms with Crippen LogP contribution in [0.4, 0.5) is 0 Å². The Kier molecular flexibility index (Phi) is 4.93. The molecule has 1 atom stereocenters. The molecule has 19 heavy (non-hydrogen) atoms. The molecule has 1 aliphatic carbocycles. The van der Waals surface area contributed by atoms with Crippen molar-refractivity contribution >= 4 is 5.91 Å². The van der Waals surface area contributed by atoms with E-state index in [1.54, 1.807) is 7.11 Å². The summed E-state index contributed by atoms with van der Waals surface area (Å²) >= 11 is 0. The lowest BCUT2D eigenvalue weighted by Gasteiger charge is -2.15. The van der Waals surface area contributed by atoms with Gasteiger partial charge in [-0.3, -0.25) is 4.79 Å². The van der Waals surface area contributed by atoms with Gasteiger partial charge in [0.2, 0.25) is 5.91 Å². The highest BCUT2D eigenvalue weighted by Gasteiger charge is 2.25. The number of carbonyl (C=O) groups is 1. The number of nitrogens with one attached hydrogen (secondary N) is 2. The molecule has 104 valence electrons. The van der Waals surface area contributed by atoms with E-state index in [-0.39, 0.29) is 11.9 Å². The average molecular weight is 262 g/mol. The molecule has 1 fully saturated rings. The van der Waals surface area contributed by atoms with Gasteiger partial charge < -0.3 is 15.4 Å². The zero-order valence-corrected chi connectivity index (χ0v) is 11.6. The molecule has 1 amide bonds. The van der Waals surface area contributed by atoms with Crippen LogP contribution in [0.25, 0.3) is 0 Å². The Hall–Kier alpha value is -1.39. The van der Waals surface area contributed by atoms with Gasteiger partial charge in [-0.15, -0.1) is 0 Å². The molecule has 1 unspecified atom stereocenters. The van der Waals surface area contributed by atoms with Gasteiger partial charge in [0.25, 0.3) is 0 Å². The standard InChI is InChI=1S/C15H22N2O2/c1-11(15(18)17-14-7-8-14)16-9-12-5-3-4-6-13(12)10-19-2/h3-6,11,14,16H,7-10H2,1-2H3,(H,17,18). The third-order valence-corrected chi connectivity index (χ3v) is 3.33. The fourth-order valence-electron chi connectivity index (χ4n) is 1.94. The minimum Gasteiger partial charge on any atom is -0.380 e. The Labute approximate surface area is 114 Å². The minimum atomic E-state index is -0.170. The number of amides is 1. The Balaban J connectivity index is 1.84. The van der Waals surface area contributed by atoms with E-state index in [0.29, 0.717) is 19.2 Å². The van der Waals surface area contributed by atoms with Gasteiger partial charge in [-0.05, 0) is 30.9 Å². The summed E-state index contributed by atoms with van der Waals surface area (Å²) in [5, 5.41) is 6.27. The van der Waals surface area contributed by atoms with Crippen molar-refractivity contribution in [2.75, 3.05) is 7.11 Å². The van der Waals surface area contributed by atoms with Crippen LogP contribution >= 0.6 is 0 Å². The Bertz CT molecular complexity index is 430. The number of ether oxygens (including phenoxy) is 1. The van der Waals surface area contributed by atoms with Crippen molar-refractivity contribution in [2.45, 2.75) is 45.0 Å². The fraction of sp³-hybridized carbons (Fsp3) is 0.533. The molecular formula is C15H22N2O2. The van der Waals surface area contributed by atoms with Crippen molar-refractivity contribution in [1.82, 2.24) is 10.6 Å². The second-order valence-electron chi connectivity index (χ2n) is 5.09. The molecule has 4 heteroatoms. The summed E-state index contributed by atoms with van der Waals surface area (Å²) in [4.78, 5) is 11.8. The van der Waals surface area contributed by atoms with Crippen molar-refractivity contribution < 1.29 is 9.53 Å². The number of hydrogen-bond acceptors (Lipinski definition) is 3. The predicted molar refractivity (Wildman–Crippen MR) is 74.6 cm³/mol. The molecule has 0 saturated heterocycles. The second kappa shape index (κ2) is 6.68. The summed E-state index contributed by atoms with van der Waals surface area (Å²) in [5.41, 5.74) is 2.34. The van der Waals surface area contributed by atoms with Crippen LogP contribution in [0, 0.1) is 0 Å². The SMILES string of the molecule is COCc1ccccc1CNC(C)C(=O)NC1CC1. The summed E-state index contributed by atoms with van der Waals surface area (Å²) in [5.74, 6) is 0.0896. The number of carbonyl (C=O) groups excluding carboxylic acids is 1. The van der Waals surface area contributed by atoms with Crippen molar-refractivity contribution in [1.29, 1.82) is 0 Å². The average Bonchev–Trinajstić information content (AvgIpc) is 3.21. The van der Waals surface area contributed by atoms with Crippen molar-refractivity contribution in [3.63, 3.8) is 0 Å². The van der Waals surface area contributed by atoms with E-state index in [2.05, 4.69) is 22.8 Å². The zero-order valence-electron chi connectivity index (χ0n) is 11.6. The van der Waals surface area contributed by atoms with E-state index >= 15 is 0 Å². The summed E-state index contributed by atoms with van der Waals surface area (Å²) < 4.78 is 5.18. The molecular weight excluding hydrogens is 240 g/mol. The van der Waals surface area contributed by atoms with Crippen LogP contribution in [-0.4, -0.2) is 25.1 Å². The lowest BCUT2D eigenvalue weighted by Crippen LogP contribution is -2.42. The first-order valence-electron chi connectivity index (χ1n) is 6.80. The molecule has 1 aliphatic rings. The fourth-order valence-corrected chi connectivity index (χ4v) is 1.94. The molecule has 1 saturated carbocycles. The molecule has 0 aliphatic heterocycles. The van der Waals surface area contributed by atoms with E-state index in [1.165, 1.54) is 5.56 Å². The Morgan fingerprint density at radius 3 is 2.68 bits per heavy atom. The first kappa shape index (κ1) is 14.0. The number of hydrogen-bond donors (Lipinski definition) is 2. The molecule has 2 N–H and O–H groups in total. The maximum absolute atomic E-state index is 11.8. The highest BCUT2D eigenvalue weighted by Crippen LogP contribution is 2.18. The number of methoxy groups -OCH3 is 1. The largest absolute Gasteiger partial charge is 0.380 e. The van der Waals surface area contributed by atoms with Gasteiger partial charge in [0.15, 0.2) is 0 Å². The Morgan fingerprint density at radius 1 is 1.37 bits per heavy atom. The van der Waals surface area contributed by atoms with Gasteiger partial charge in [-0.25, -0.2) is 0 Å². The molecule has 0 radical (unpaired) electrons. The molecule has 1 aromatic rings. The van der Waals surface area contributed by atoms with Crippen LogP contribution in [0.2, 0.25) is 0 Å². The summed E-state index contributed by atoms with van der Waals surface area (Å²) in [6.07, 6.45) is 2.24. The van der Waals surface area contributed by atoms with Crippen LogP contribution in [0.1, 0.15) is 30.9 Å². The lowest BCUT2D eigenvalue weighted by molar-refractivity contribution is -0.122. The first-order valence-corrected chi connectivity index (χ1v) is 6.80. The normalized spacial score (nSPS) is 16.1. The van der Waals surface area contributed by atoms with Gasteiger partial charge in [-0.2, -0.15) is 0 Å². The third kappa shape index (κ3) is 4.33. The summed E-state index contributed by atoms with van der Waals surface area (Å²) in [7, 11) is 1.69. The van der Waals surface area contributed by atoms with Gasteiger partial charge in [0.1, 0.15) is 0 Å². The van der Waals surface area contributed by atoms with Crippen molar-refractivity contribution in [3.05, 3.63) is 35.4 Å². The molecule has 0 bridgehead atoms. The second-order valence-corrected chi connectivity index (χ2v) is 5.09. The van der Waals surface area contributed by atoms with Gasteiger partial charge in [0.05, 0.1) is 12.6 Å². The molecule has 0 spiro atoms. The predicted octanol–water partition coefficient (Wildman–Crippen LogP) is 1.59. The van der Waals surface area contributed by atoms with Gasteiger partial charge >= 0.3 is 0 Å². The van der Waals surface area contributed by atoms with Crippen LogP contribution in [-0.2, 0) is 22.7 Å². The van der Waals surface area contributed by atoms with Gasteiger partial charge in [-0.1, -0.05) is 24.3 Å². The maximum atomic E-state index is 11.8. The van der Waals surface area contributed by atoms with Crippen molar-refractivity contribution in [2.24, 2.45) is 0 Å². The van der Waals surface area contributed by atoms with Crippen LogP contribution in [0.5, 0.6) is 0 Å². The molecule has 4 nitrogen and oxygen atoms in total. The minimum absolute atomic E-state index is 0.0896. The first-order chi connectivity index (χ1) is 9.20. The molecule has 0 aromatic heterocycles. The topological polar surface area (TPSA) is 50.4 Å². The van der Waals surface area contributed by atoms with Crippen LogP contribution in [0.3, 0.4) is 0 Å².